The molecule has 0 saturated heterocycles. The molecule has 35 heavy (non-hydrogen) atoms. The number of ether oxygens (including phenoxy) is 2. The van der Waals surface area contributed by atoms with Crippen LogP contribution in [-0.4, -0.2) is 61.2 Å². The zero-order valence-electron chi connectivity index (χ0n) is 19.3. The Balaban J connectivity index is 1.30. The number of aromatic amines is 1. The highest BCUT2D eigenvalue weighted by atomic mass is 19.3. The molecule has 3 aromatic rings. The standard InChI is InChI=1S/C22H28F3N7O3/c1-22(5-6-22)28-21(33)35-16-4-3-12(18(16)23)13-8-17(30-29-13)27-20-15-7-11(10-34-2)31-32(15)9-14(26-20)19(24)25/h7-9,12,16,18-19,21,28,33H,3-6,10H2,1-2H3,(H2,26,27,29,30)/t12-,16-,18+,21?/m1/s1. The first-order valence-electron chi connectivity index (χ1n) is 11.5. The molecule has 13 heteroatoms. The van der Waals surface area contributed by atoms with Crippen LogP contribution in [-0.2, 0) is 16.1 Å². The smallest absolute Gasteiger partial charge is 0.281 e. The van der Waals surface area contributed by atoms with E-state index in [0.717, 1.165) is 12.8 Å². The summed E-state index contributed by atoms with van der Waals surface area (Å²) in [4.78, 5) is 4.02. The van der Waals surface area contributed by atoms with E-state index in [-0.39, 0.29) is 18.0 Å². The van der Waals surface area contributed by atoms with Crippen molar-refractivity contribution in [1.29, 1.82) is 0 Å². The van der Waals surface area contributed by atoms with E-state index in [1.165, 1.54) is 17.8 Å². The second-order valence-corrected chi connectivity index (χ2v) is 9.41. The molecule has 3 aromatic heterocycles. The van der Waals surface area contributed by atoms with Gasteiger partial charge in [-0.1, -0.05) is 0 Å². The highest BCUT2D eigenvalue weighted by molar-refractivity contribution is 5.72. The van der Waals surface area contributed by atoms with Gasteiger partial charge >= 0.3 is 0 Å². The fraction of sp³-hybridized carbons (Fsp3) is 0.591. The lowest BCUT2D eigenvalue weighted by Crippen LogP contribution is -2.43. The quantitative estimate of drug-likeness (QED) is 0.316. The van der Waals surface area contributed by atoms with Gasteiger partial charge in [-0.25, -0.2) is 22.7 Å². The van der Waals surface area contributed by atoms with Crippen LogP contribution in [0.1, 0.15) is 62.0 Å². The van der Waals surface area contributed by atoms with Gasteiger partial charge in [-0.05, 0) is 38.7 Å². The summed E-state index contributed by atoms with van der Waals surface area (Å²) in [5.74, 6) is -0.0615. The summed E-state index contributed by atoms with van der Waals surface area (Å²) in [6.45, 7) is 2.19. The van der Waals surface area contributed by atoms with Crippen LogP contribution in [0.5, 0.6) is 0 Å². The van der Waals surface area contributed by atoms with Crippen LogP contribution < -0.4 is 10.6 Å². The Morgan fingerprint density at radius 3 is 2.83 bits per heavy atom. The Bertz CT molecular complexity index is 1180. The Kier molecular flexibility index (Phi) is 6.42. The molecule has 0 spiro atoms. The van der Waals surface area contributed by atoms with Gasteiger partial charge in [0.2, 0.25) is 6.41 Å². The van der Waals surface area contributed by atoms with Crippen LogP contribution in [0.25, 0.3) is 5.52 Å². The van der Waals surface area contributed by atoms with Gasteiger partial charge in [-0.15, -0.1) is 0 Å². The molecule has 4 N–H and O–H groups in total. The zero-order chi connectivity index (χ0) is 24.7. The second kappa shape index (κ2) is 9.37. The number of aliphatic hydroxyl groups excluding tert-OH is 1. The Hall–Kier alpha value is -2.74. The first kappa shape index (κ1) is 24.0. The van der Waals surface area contributed by atoms with Crippen LogP contribution >= 0.6 is 0 Å². The van der Waals surface area contributed by atoms with Crippen molar-refractivity contribution in [2.45, 2.75) is 75.8 Å². The molecule has 2 aliphatic carbocycles. The minimum atomic E-state index is -2.79. The van der Waals surface area contributed by atoms with E-state index in [2.05, 4.69) is 30.9 Å². The lowest BCUT2D eigenvalue weighted by molar-refractivity contribution is -0.170. The number of rotatable bonds is 10. The highest BCUT2D eigenvalue weighted by Crippen LogP contribution is 2.40. The summed E-state index contributed by atoms with van der Waals surface area (Å²) in [6.07, 6.45) is -2.11. The maximum Gasteiger partial charge on any atom is 0.281 e. The fourth-order valence-corrected chi connectivity index (χ4v) is 4.41. The molecule has 190 valence electrons. The molecule has 0 aliphatic heterocycles. The minimum Gasteiger partial charge on any atom is -0.378 e. The topological polar surface area (TPSA) is 122 Å². The van der Waals surface area contributed by atoms with Crippen molar-refractivity contribution in [3.63, 3.8) is 0 Å². The predicted octanol–water partition coefficient (Wildman–Crippen LogP) is 3.30. The molecule has 3 heterocycles. The maximum absolute atomic E-state index is 15.2. The Labute approximate surface area is 199 Å². The first-order chi connectivity index (χ1) is 16.7. The Morgan fingerprint density at radius 2 is 2.11 bits per heavy atom. The van der Waals surface area contributed by atoms with Gasteiger partial charge in [0.1, 0.15) is 17.4 Å². The van der Waals surface area contributed by atoms with Crippen molar-refractivity contribution in [3.8, 4) is 0 Å². The maximum atomic E-state index is 15.2. The van der Waals surface area contributed by atoms with Gasteiger partial charge in [0, 0.05) is 30.3 Å². The SMILES string of the molecule is COCc1cc2c(Nc3cc([C@H]4CC[C@@H](OC(O)NC5(C)CC5)[C@H]4F)[nH]n3)nc(C(F)F)cn2n1. The monoisotopic (exact) mass is 495 g/mol. The molecule has 0 amide bonds. The van der Waals surface area contributed by atoms with Gasteiger partial charge in [-0.3, -0.25) is 10.4 Å². The van der Waals surface area contributed by atoms with Crippen LogP contribution in [0, 0.1) is 0 Å². The van der Waals surface area contributed by atoms with E-state index in [0.29, 0.717) is 35.6 Å². The number of hydrogen-bond donors (Lipinski definition) is 4. The van der Waals surface area contributed by atoms with Gasteiger partial charge < -0.3 is 19.9 Å². The molecular formula is C22H28F3N7O3. The molecule has 0 bridgehead atoms. The molecular weight excluding hydrogens is 467 g/mol. The van der Waals surface area contributed by atoms with E-state index in [1.54, 1.807) is 12.1 Å². The number of H-pyrrole nitrogens is 1. The normalized spacial score (nSPS) is 24.4. The fourth-order valence-electron chi connectivity index (χ4n) is 4.41. The molecule has 0 radical (unpaired) electrons. The van der Waals surface area contributed by atoms with Gasteiger partial charge in [0.25, 0.3) is 6.43 Å². The number of nitrogens with one attached hydrogen (secondary N) is 3. The second-order valence-electron chi connectivity index (χ2n) is 9.41. The van der Waals surface area contributed by atoms with Crippen molar-refractivity contribution in [2.24, 2.45) is 0 Å². The minimum absolute atomic E-state index is 0.142. The summed E-state index contributed by atoms with van der Waals surface area (Å²) in [7, 11) is 1.51. The van der Waals surface area contributed by atoms with E-state index >= 15 is 4.39 Å². The van der Waals surface area contributed by atoms with Gasteiger partial charge in [0.05, 0.1) is 24.6 Å². The summed E-state index contributed by atoms with van der Waals surface area (Å²) in [5.41, 5.74) is 0.964. The van der Waals surface area contributed by atoms with Crippen molar-refractivity contribution in [1.82, 2.24) is 30.1 Å². The van der Waals surface area contributed by atoms with E-state index < -0.39 is 36.7 Å². The van der Waals surface area contributed by atoms with Crippen molar-refractivity contribution in [3.05, 3.63) is 35.4 Å². The number of fused-ring (bicyclic) bond motifs is 1. The number of anilines is 2. The third-order valence-corrected chi connectivity index (χ3v) is 6.56. The van der Waals surface area contributed by atoms with Crippen LogP contribution in [0.4, 0.5) is 24.8 Å². The Morgan fingerprint density at radius 1 is 1.31 bits per heavy atom. The third kappa shape index (κ3) is 5.13. The van der Waals surface area contributed by atoms with Crippen LogP contribution in [0.3, 0.4) is 0 Å². The lowest BCUT2D eigenvalue weighted by Gasteiger charge is -2.23. The molecule has 2 saturated carbocycles. The average molecular weight is 496 g/mol. The summed E-state index contributed by atoms with van der Waals surface area (Å²) < 4.78 is 53.8. The molecule has 4 atom stereocenters. The predicted molar refractivity (Wildman–Crippen MR) is 119 cm³/mol. The number of aromatic nitrogens is 5. The molecule has 2 aliphatic rings. The largest absolute Gasteiger partial charge is 0.378 e. The molecule has 2 fully saturated rings. The van der Waals surface area contributed by atoms with Crippen molar-refractivity contribution >= 4 is 17.2 Å². The van der Waals surface area contributed by atoms with E-state index in [1.807, 2.05) is 6.92 Å². The summed E-state index contributed by atoms with van der Waals surface area (Å²) >= 11 is 0. The number of aliphatic hydroxyl groups is 1. The number of methoxy groups -OCH3 is 1. The number of alkyl halides is 3. The lowest BCUT2D eigenvalue weighted by atomic mass is 10.0. The zero-order valence-corrected chi connectivity index (χ0v) is 19.3. The number of hydrogen-bond acceptors (Lipinski definition) is 8. The third-order valence-electron chi connectivity index (χ3n) is 6.56. The number of nitrogens with zero attached hydrogens (tertiary/aromatic N) is 4. The van der Waals surface area contributed by atoms with Gasteiger partial charge in [0.15, 0.2) is 11.6 Å². The van der Waals surface area contributed by atoms with Crippen molar-refractivity contribution in [2.75, 3.05) is 12.4 Å². The van der Waals surface area contributed by atoms with Crippen LogP contribution in [0.15, 0.2) is 18.3 Å². The molecule has 10 nitrogen and oxygen atoms in total. The summed E-state index contributed by atoms with van der Waals surface area (Å²) in [5, 5.41) is 27.3. The number of halogens is 3. The molecule has 5 rings (SSSR count). The average Bonchev–Trinajstić information content (AvgIpc) is 3.14. The van der Waals surface area contributed by atoms with Crippen LogP contribution in [0.2, 0.25) is 0 Å². The summed E-state index contributed by atoms with van der Waals surface area (Å²) in [6, 6.07) is 3.30. The van der Waals surface area contributed by atoms with Gasteiger partial charge in [-0.2, -0.15) is 10.2 Å². The first-order valence-corrected chi connectivity index (χ1v) is 11.5. The van der Waals surface area contributed by atoms with E-state index in [4.69, 9.17) is 9.47 Å². The molecule has 0 aromatic carbocycles. The van der Waals surface area contributed by atoms with Crippen molar-refractivity contribution < 1.29 is 27.8 Å². The molecule has 1 unspecified atom stereocenters. The highest BCUT2D eigenvalue weighted by Gasteiger charge is 2.43. The van der Waals surface area contributed by atoms with E-state index in [9.17, 15) is 13.9 Å².